The van der Waals surface area contributed by atoms with Crippen LogP contribution in [-0.4, -0.2) is 31.7 Å². The SMILES string of the molecule is CCCCCCCCCCCCCCCCCCOc1ccc(-c2cccc(S)c2-c2ccc(OCCCCCCCCCCCCCCCCCC)cc2)cc1.O=S(=O)(O)C(F)(F)F. The number of hydrogen-bond donors (Lipinski definition) is 2. The Morgan fingerprint density at radius 3 is 1.02 bits per heavy atom. The van der Waals surface area contributed by atoms with Gasteiger partial charge < -0.3 is 9.47 Å². The molecular formula is C55H87F3O5S2. The Labute approximate surface area is 400 Å². The van der Waals surface area contributed by atoms with E-state index >= 15 is 0 Å². The topological polar surface area (TPSA) is 72.8 Å². The van der Waals surface area contributed by atoms with Crippen LogP contribution < -0.4 is 9.47 Å². The molecule has 3 aromatic carbocycles. The zero-order valence-electron chi connectivity index (χ0n) is 40.5. The molecule has 0 saturated heterocycles. The van der Waals surface area contributed by atoms with Crippen LogP contribution in [0.25, 0.3) is 22.3 Å². The molecule has 1 N–H and O–H groups in total. The van der Waals surface area contributed by atoms with Crippen molar-refractivity contribution in [1.29, 1.82) is 0 Å². The molecule has 5 nitrogen and oxygen atoms in total. The highest BCUT2D eigenvalue weighted by atomic mass is 32.2. The fourth-order valence-corrected chi connectivity index (χ4v) is 8.55. The van der Waals surface area contributed by atoms with Crippen molar-refractivity contribution >= 4 is 22.7 Å². The van der Waals surface area contributed by atoms with Crippen LogP contribution in [0.1, 0.15) is 219 Å². The van der Waals surface area contributed by atoms with Crippen LogP contribution in [0.15, 0.2) is 71.6 Å². The summed E-state index contributed by atoms with van der Waals surface area (Å²) in [6.07, 6.45) is 44.4. The first-order valence-electron chi connectivity index (χ1n) is 25.8. The lowest BCUT2D eigenvalue weighted by Gasteiger charge is -2.14. The van der Waals surface area contributed by atoms with Gasteiger partial charge in [-0.1, -0.05) is 243 Å². The lowest BCUT2D eigenvalue weighted by atomic mass is 9.94. The number of rotatable bonds is 38. The van der Waals surface area contributed by atoms with Gasteiger partial charge in [0, 0.05) is 10.5 Å². The third kappa shape index (κ3) is 29.0. The molecule has 3 aromatic rings. The van der Waals surface area contributed by atoms with Gasteiger partial charge in [-0.05, 0) is 59.9 Å². The molecule has 10 heteroatoms. The van der Waals surface area contributed by atoms with Crippen molar-refractivity contribution in [3.05, 3.63) is 66.7 Å². The van der Waals surface area contributed by atoms with E-state index in [0.29, 0.717) is 0 Å². The smallest absolute Gasteiger partial charge is 0.494 e. The minimum Gasteiger partial charge on any atom is -0.494 e. The molecule has 0 aliphatic rings. The maximum Gasteiger partial charge on any atom is 0.522 e. The highest BCUT2D eigenvalue weighted by Crippen LogP contribution is 2.38. The van der Waals surface area contributed by atoms with Crippen LogP contribution in [0.3, 0.4) is 0 Å². The van der Waals surface area contributed by atoms with Gasteiger partial charge in [-0.2, -0.15) is 21.6 Å². The first-order valence-corrected chi connectivity index (χ1v) is 27.7. The maximum absolute atomic E-state index is 10.7. The van der Waals surface area contributed by atoms with E-state index in [-0.39, 0.29) is 0 Å². The standard InChI is InChI=1S/C54H86O2S.CHF3O3S/c1-3-5-7-9-11-13-15-17-19-21-23-25-27-29-31-33-46-55-50-42-38-48(39-43-50)52-36-35-37-53(57)54(52)49-40-44-51(45-41-49)56-47-34-32-30-28-26-24-22-20-18-16-14-12-10-8-6-4-2;2-1(3,4)8(5,6)7/h35-45,57H,3-34,46-47H2,1-2H3;(H,5,6,7). The molecule has 0 amide bonds. The van der Waals surface area contributed by atoms with Crippen molar-refractivity contribution in [2.24, 2.45) is 0 Å². The monoisotopic (exact) mass is 949 g/mol. The second-order valence-electron chi connectivity index (χ2n) is 18.0. The lowest BCUT2D eigenvalue weighted by Crippen LogP contribution is -2.21. The van der Waals surface area contributed by atoms with Crippen LogP contribution in [0.2, 0.25) is 0 Å². The van der Waals surface area contributed by atoms with Gasteiger partial charge >= 0.3 is 15.6 Å². The minimum absolute atomic E-state index is 0.792. The number of ether oxygens (including phenoxy) is 2. The van der Waals surface area contributed by atoms with Crippen molar-refractivity contribution in [2.75, 3.05) is 13.2 Å². The average molecular weight is 949 g/mol. The first kappa shape index (κ1) is 58.4. The molecule has 0 bridgehead atoms. The summed E-state index contributed by atoms with van der Waals surface area (Å²) in [7, 11) is -5.84. The van der Waals surface area contributed by atoms with Gasteiger partial charge in [0.2, 0.25) is 0 Å². The van der Waals surface area contributed by atoms with Crippen LogP contribution in [0.5, 0.6) is 11.5 Å². The summed E-state index contributed by atoms with van der Waals surface area (Å²) < 4.78 is 69.8. The zero-order chi connectivity index (χ0) is 47.3. The third-order valence-electron chi connectivity index (χ3n) is 12.2. The summed E-state index contributed by atoms with van der Waals surface area (Å²) in [5.74, 6) is 1.90. The minimum atomic E-state index is -5.84. The molecule has 0 aromatic heterocycles. The van der Waals surface area contributed by atoms with Gasteiger partial charge in [0.1, 0.15) is 11.5 Å². The van der Waals surface area contributed by atoms with Gasteiger partial charge in [0.05, 0.1) is 13.2 Å². The van der Waals surface area contributed by atoms with Crippen LogP contribution >= 0.6 is 12.6 Å². The predicted octanol–water partition coefficient (Wildman–Crippen LogP) is 19.0. The summed E-state index contributed by atoms with van der Waals surface area (Å²) in [6, 6.07) is 23.6. The van der Waals surface area contributed by atoms with Crippen molar-refractivity contribution in [3.63, 3.8) is 0 Å². The quantitative estimate of drug-likeness (QED) is 0.0259. The molecule has 0 saturated carbocycles. The predicted molar refractivity (Wildman–Crippen MR) is 272 cm³/mol. The molecule has 370 valence electrons. The first-order chi connectivity index (χ1) is 31.5. The van der Waals surface area contributed by atoms with Gasteiger partial charge in [0.15, 0.2) is 0 Å². The molecule has 0 fully saturated rings. The number of benzene rings is 3. The van der Waals surface area contributed by atoms with E-state index < -0.39 is 15.6 Å². The van der Waals surface area contributed by atoms with Crippen molar-refractivity contribution in [1.82, 2.24) is 0 Å². The fourth-order valence-electron chi connectivity index (χ4n) is 8.21. The van der Waals surface area contributed by atoms with E-state index in [1.807, 2.05) is 0 Å². The third-order valence-corrected chi connectivity index (χ3v) is 13.1. The number of thiol groups is 1. The zero-order valence-corrected chi connectivity index (χ0v) is 42.2. The van der Waals surface area contributed by atoms with Gasteiger partial charge in [-0.15, -0.1) is 12.6 Å². The maximum atomic E-state index is 10.7. The summed E-state index contributed by atoms with van der Waals surface area (Å²) in [4.78, 5) is 0.984. The van der Waals surface area contributed by atoms with E-state index in [4.69, 9.17) is 35.1 Å². The van der Waals surface area contributed by atoms with Crippen molar-refractivity contribution < 1.29 is 35.6 Å². The second kappa shape index (κ2) is 37.3. The van der Waals surface area contributed by atoms with Gasteiger partial charge in [0.25, 0.3) is 0 Å². The molecule has 0 atom stereocenters. The number of halogens is 3. The summed E-state index contributed by atoms with van der Waals surface area (Å²) in [5.41, 5.74) is -0.845. The van der Waals surface area contributed by atoms with Crippen LogP contribution in [0.4, 0.5) is 13.2 Å². The van der Waals surface area contributed by atoms with E-state index in [9.17, 15) is 13.2 Å². The fraction of sp³-hybridized carbons (Fsp3) is 0.673. The highest BCUT2D eigenvalue weighted by molar-refractivity contribution is 7.86. The molecule has 65 heavy (non-hydrogen) atoms. The average Bonchev–Trinajstić information content (AvgIpc) is 3.28. The largest absolute Gasteiger partial charge is 0.522 e. The Balaban J connectivity index is 0.00000165. The van der Waals surface area contributed by atoms with E-state index in [1.165, 1.54) is 204 Å². The Bertz CT molecular complexity index is 1680. The number of alkyl halides is 3. The van der Waals surface area contributed by atoms with Gasteiger partial charge in [-0.3, -0.25) is 4.55 Å². The Hall–Kier alpha value is -2.69. The highest BCUT2D eigenvalue weighted by Gasteiger charge is 2.44. The molecule has 0 heterocycles. The molecule has 3 rings (SSSR count). The lowest BCUT2D eigenvalue weighted by molar-refractivity contribution is -0.0510. The molecule has 0 aliphatic carbocycles. The summed E-state index contributed by atoms with van der Waals surface area (Å²) in [5, 5.41) is 0. The van der Waals surface area contributed by atoms with Crippen molar-refractivity contribution in [2.45, 2.75) is 230 Å². The summed E-state index contributed by atoms with van der Waals surface area (Å²) >= 11 is 4.89. The van der Waals surface area contributed by atoms with Gasteiger partial charge in [-0.25, -0.2) is 0 Å². The van der Waals surface area contributed by atoms with Crippen LogP contribution in [0, 0.1) is 0 Å². The normalized spacial score (nSPS) is 11.7. The number of unbranched alkanes of at least 4 members (excludes halogenated alkanes) is 30. The second-order valence-corrected chi connectivity index (χ2v) is 19.9. The molecule has 0 aliphatic heterocycles. The Morgan fingerprint density at radius 2 is 0.723 bits per heavy atom. The molecule has 0 unspecified atom stereocenters. The Morgan fingerprint density at radius 1 is 0.446 bits per heavy atom. The Kier molecular flexibility index (Phi) is 33.5. The van der Waals surface area contributed by atoms with E-state index in [0.717, 1.165) is 53.6 Å². The summed E-state index contributed by atoms with van der Waals surface area (Å²) in [6.45, 7) is 6.18. The molecule has 0 spiro atoms. The van der Waals surface area contributed by atoms with Crippen molar-refractivity contribution in [3.8, 4) is 33.8 Å². The molecule has 0 radical (unpaired) electrons. The van der Waals surface area contributed by atoms with Crippen LogP contribution in [-0.2, 0) is 10.1 Å². The van der Waals surface area contributed by atoms with E-state index in [1.54, 1.807) is 0 Å². The number of hydrogen-bond acceptors (Lipinski definition) is 5. The van der Waals surface area contributed by atoms with E-state index in [2.05, 4.69) is 80.6 Å². The molecular weight excluding hydrogens is 862 g/mol.